The van der Waals surface area contributed by atoms with Gasteiger partial charge in [-0.15, -0.1) is 11.3 Å². The lowest BCUT2D eigenvalue weighted by atomic mass is 9.85. The zero-order valence-corrected chi connectivity index (χ0v) is 34.3. The van der Waals surface area contributed by atoms with Crippen LogP contribution in [0, 0.1) is 12.3 Å². The molecule has 0 unspecified atom stereocenters. The number of aliphatic hydroxyl groups is 1. The largest absolute Gasteiger partial charge is 0.391 e. The number of nitrogens with one attached hydrogen (secondary N) is 2. The number of β-amino-alcohol motifs (C(OH)–C–C–N with tert-alkyl or cyclic N) is 1. The molecule has 57 heavy (non-hydrogen) atoms. The molecule has 4 amide bonds. The van der Waals surface area contributed by atoms with Crippen LogP contribution in [0.15, 0.2) is 90.4 Å². The molecule has 3 N–H and O–H groups in total. The minimum absolute atomic E-state index is 0.0117. The molecule has 6 rings (SSSR count). The number of likely N-dealkylation sites (tertiary alicyclic amines) is 1. The fourth-order valence-corrected chi connectivity index (χ4v) is 8.66. The van der Waals surface area contributed by atoms with Gasteiger partial charge >= 0.3 is 0 Å². The molecule has 0 saturated carbocycles. The number of unbranched alkanes of at least 4 members (excludes halogenated alkanes) is 1. The zero-order valence-electron chi connectivity index (χ0n) is 33.5. The van der Waals surface area contributed by atoms with Gasteiger partial charge in [0, 0.05) is 58.5 Å². The smallest absolute Gasteiger partial charge is 0.246 e. The van der Waals surface area contributed by atoms with Crippen molar-refractivity contribution in [2.24, 2.45) is 5.41 Å². The molecule has 12 heteroatoms. The van der Waals surface area contributed by atoms with E-state index in [1.54, 1.807) is 11.3 Å². The summed E-state index contributed by atoms with van der Waals surface area (Å²) in [5.74, 6) is -0.934. The fraction of sp³-hybridized carbons (Fsp3) is 0.444. The summed E-state index contributed by atoms with van der Waals surface area (Å²) in [7, 11) is 0. The van der Waals surface area contributed by atoms with Crippen LogP contribution >= 0.6 is 11.3 Å². The lowest BCUT2D eigenvalue weighted by molar-refractivity contribution is -0.144. The fourth-order valence-electron chi connectivity index (χ4n) is 7.85. The molecule has 4 aromatic rings. The topological polar surface area (TPSA) is 135 Å². The van der Waals surface area contributed by atoms with Crippen molar-refractivity contribution in [3.05, 3.63) is 113 Å². The Labute approximate surface area is 340 Å². The quantitative estimate of drug-likeness (QED) is 0.139. The van der Waals surface area contributed by atoms with E-state index in [2.05, 4.69) is 69.0 Å². The van der Waals surface area contributed by atoms with Crippen LogP contribution in [0.25, 0.3) is 10.4 Å². The number of hydrogen-bond donors (Lipinski definition) is 3. The van der Waals surface area contributed by atoms with Crippen LogP contribution in [0.2, 0.25) is 0 Å². The molecule has 0 spiro atoms. The zero-order chi connectivity index (χ0) is 40.5. The number of carbonyl (C=O) groups is 4. The van der Waals surface area contributed by atoms with Crippen molar-refractivity contribution in [2.45, 2.75) is 90.6 Å². The Morgan fingerprint density at radius 1 is 0.860 bits per heavy atom. The van der Waals surface area contributed by atoms with Gasteiger partial charge < -0.3 is 25.5 Å². The Bertz CT molecular complexity index is 1920. The maximum absolute atomic E-state index is 14.0. The van der Waals surface area contributed by atoms with Crippen LogP contribution in [0.4, 0.5) is 0 Å². The van der Waals surface area contributed by atoms with Crippen LogP contribution in [0.5, 0.6) is 0 Å². The molecule has 3 aromatic carbocycles. The number of thiazole rings is 1. The minimum atomic E-state index is -0.901. The number of rotatable bonds is 14. The number of benzene rings is 3. The SMILES string of the molecule is Cc1ncsc1-c1ccc(CNC(=O)[C@@H]2C[C@@H](O)CN2C(=O)[C@@H](NC(=O)CCCCC(=O)N2CCN(C(c3ccccc3)c3ccccc3)CC2)C(C)(C)C)cc1. The van der Waals surface area contributed by atoms with Gasteiger partial charge in [-0.2, -0.15) is 0 Å². The number of aromatic nitrogens is 1. The van der Waals surface area contributed by atoms with E-state index in [1.165, 1.54) is 16.0 Å². The predicted molar refractivity (Wildman–Crippen MR) is 223 cm³/mol. The van der Waals surface area contributed by atoms with Crippen molar-refractivity contribution in [3.63, 3.8) is 0 Å². The van der Waals surface area contributed by atoms with Crippen molar-refractivity contribution in [1.29, 1.82) is 0 Å². The molecule has 2 saturated heterocycles. The van der Waals surface area contributed by atoms with Gasteiger partial charge in [-0.1, -0.05) is 106 Å². The number of aliphatic hydroxyl groups excluding tert-OH is 1. The van der Waals surface area contributed by atoms with Crippen molar-refractivity contribution in [2.75, 3.05) is 32.7 Å². The van der Waals surface area contributed by atoms with Crippen LogP contribution < -0.4 is 10.6 Å². The molecule has 11 nitrogen and oxygen atoms in total. The highest BCUT2D eigenvalue weighted by Gasteiger charge is 2.44. The summed E-state index contributed by atoms with van der Waals surface area (Å²) in [6.07, 6.45) is 0.864. The summed E-state index contributed by atoms with van der Waals surface area (Å²) in [4.78, 5) is 65.1. The number of piperazine rings is 1. The molecular formula is C45H56N6O5S. The lowest BCUT2D eigenvalue weighted by Gasteiger charge is -2.40. The van der Waals surface area contributed by atoms with Gasteiger partial charge in [0.15, 0.2) is 0 Å². The van der Waals surface area contributed by atoms with Crippen molar-refractivity contribution < 1.29 is 24.3 Å². The average Bonchev–Trinajstić information content (AvgIpc) is 3.83. The molecule has 1 aromatic heterocycles. The van der Waals surface area contributed by atoms with Gasteiger partial charge in [0.25, 0.3) is 0 Å². The average molecular weight is 793 g/mol. The molecule has 302 valence electrons. The van der Waals surface area contributed by atoms with Gasteiger partial charge in [-0.05, 0) is 47.4 Å². The van der Waals surface area contributed by atoms with Gasteiger partial charge in [0.05, 0.1) is 28.2 Å². The molecule has 2 aliphatic heterocycles. The van der Waals surface area contributed by atoms with E-state index in [0.29, 0.717) is 32.4 Å². The number of carbonyl (C=O) groups excluding carboxylic acids is 4. The monoisotopic (exact) mass is 792 g/mol. The van der Waals surface area contributed by atoms with Crippen molar-refractivity contribution >= 4 is 35.0 Å². The Balaban J connectivity index is 0.958. The third-order valence-corrected chi connectivity index (χ3v) is 12.0. The molecule has 3 heterocycles. The first kappa shape index (κ1) is 41.7. The number of hydrogen-bond acceptors (Lipinski definition) is 8. The van der Waals surface area contributed by atoms with E-state index in [-0.39, 0.29) is 49.7 Å². The van der Waals surface area contributed by atoms with Crippen LogP contribution in [-0.4, -0.2) is 99.3 Å². The molecule has 0 radical (unpaired) electrons. The predicted octanol–water partition coefficient (Wildman–Crippen LogP) is 5.72. The molecule has 2 aliphatic rings. The van der Waals surface area contributed by atoms with Gasteiger partial charge in [0.2, 0.25) is 23.6 Å². The third kappa shape index (κ3) is 10.7. The summed E-state index contributed by atoms with van der Waals surface area (Å²) in [5, 5.41) is 16.5. The number of aryl methyl sites for hydroxylation is 1. The summed E-state index contributed by atoms with van der Waals surface area (Å²) in [6.45, 7) is 10.7. The molecular weight excluding hydrogens is 737 g/mol. The summed E-state index contributed by atoms with van der Waals surface area (Å²) in [5.41, 5.74) is 6.57. The van der Waals surface area contributed by atoms with Gasteiger partial charge in [-0.3, -0.25) is 24.1 Å². The Kier molecular flexibility index (Phi) is 13.9. The van der Waals surface area contributed by atoms with Crippen LogP contribution in [0.1, 0.15) is 81.3 Å². The second kappa shape index (κ2) is 19.0. The van der Waals surface area contributed by atoms with Gasteiger partial charge in [0.1, 0.15) is 12.1 Å². The van der Waals surface area contributed by atoms with E-state index in [9.17, 15) is 24.3 Å². The summed E-state index contributed by atoms with van der Waals surface area (Å²) < 4.78 is 0. The van der Waals surface area contributed by atoms with Crippen molar-refractivity contribution in [3.8, 4) is 10.4 Å². The normalized spacial score (nSPS) is 18.1. The second-order valence-electron chi connectivity index (χ2n) is 16.3. The van der Waals surface area contributed by atoms with E-state index in [1.807, 2.05) is 74.5 Å². The molecule has 2 fully saturated rings. The first-order chi connectivity index (χ1) is 27.4. The lowest BCUT2D eigenvalue weighted by Crippen LogP contribution is -2.57. The second-order valence-corrected chi connectivity index (χ2v) is 17.1. The van der Waals surface area contributed by atoms with E-state index in [0.717, 1.165) is 34.8 Å². The maximum Gasteiger partial charge on any atom is 0.246 e. The van der Waals surface area contributed by atoms with E-state index < -0.39 is 29.5 Å². The molecule has 0 aliphatic carbocycles. The van der Waals surface area contributed by atoms with E-state index in [4.69, 9.17) is 0 Å². The summed E-state index contributed by atoms with van der Waals surface area (Å²) >= 11 is 1.58. The van der Waals surface area contributed by atoms with Gasteiger partial charge in [-0.25, -0.2) is 4.98 Å². The van der Waals surface area contributed by atoms with Crippen LogP contribution in [-0.2, 0) is 25.7 Å². The number of amides is 4. The Morgan fingerprint density at radius 3 is 2.05 bits per heavy atom. The molecule has 0 bridgehead atoms. The Hall–Kier alpha value is -4.91. The highest BCUT2D eigenvalue weighted by atomic mass is 32.1. The highest BCUT2D eigenvalue weighted by Crippen LogP contribution is 2.31. The summed E-state index contributed by atoms with van der Waals surface area (Å²) in [6, 6.07) is 27.2. The maximum atomic E-state index is 14.0. The first-order valence-electron chi connectivity index (χ1n) is 20.1. The van der Waals surface area contributed by atoms with Crippen molar-refractivity contribution in [1.82, 2.24) is 30.3 Å². The Morgan fingerprint density at radius 2 is 1.47 bits per heavy atom. The first-order valence-corrected chi connectivity index (χ1v) is 20.9. The third-order valence-electron chi connectivity index (χ3n) is 11.0. The van der Waals surface area contributed by atoms with E-state index >= 15 is 0 Å². The minimum Gasteiger partial charge on any atom is -0.391 e. The standard InChI is InChI=1S/C45H56N6O5S/c1-31-41(57-30-47-31)35-21-19-32(20-22-35)28-46-43(55)37-27-36(52)29-51(37)44(56)42(45(2,3)4)48-38(53)17-11-12-18-39(54)49-23-25-50(26-24-49)40(33-13-7-5-8-14-33)34-15-9-6-10-16-34/h5-10,13-16,19-22,30,36-37,40,42,52H,11-12,17-18,23-29H2,1-4H3,(H,46,55)(H,48,53)/t36-,37+,42-/m1/s1. The molecule has 3 atom stereocenters. The highest BCUT2D eigenvalue weighted by molar-refractivity contribution is 7.13. The number of nitrogens with zero attached hydrogens (tertiary/aromatic N) is 4. The van der Waals surface area contributed by atoms with Crippen LogP contribution in [0.3, 0.4) is 0 Å².